The fourth-order valence-electron chi connectivity index (χ4n) is 3.05. The molecular weight excluding hydrogens is 325 g/mol. The number of hydrogen-bond acceptors (Lipinski definition) is 0. The molecule has 0 nitrogen and oxygen atoms in total. The Labute approximate surface area is 145 Å². The van der Waals surface area contributed by atoms with Gasteiger partial charge < -0.3 is 0 Å². The Kier molecular flexibility index (Phi) is 16.8. The molecule has 1 radical (unpaired) electrons. The Morgan fingerprint density at radius 2 is 0.818 bits per heavy atom. The molecule has 0 spiro atoms. The average molecular weight is 370 g/mol. The summed E-state index contributed by atoms with van der Waals surface area (Å²) in [5, 5.41) is 2.67. The molecule has 0 aromatic heterocycles. The maximum atomic E-state index is 2.67. The zero-order valence-electron chi connectivity index (χ0n) is 16.4. The quantitative estimate of drug-likeness (QED) is 0.178. The first kappa shape index (κ1) is 22.5. The van der Waals surface area contributed by atoms with Gasteiger partial charge in [-0.25, -0.2) is 0 Å². The summed E-state index contributed by atoms with van der Waals surface area (Å²) in [6.07, 6.45) is 23.4. The van der Waals surface area contributed by atoms with Crippen molar-refractivity contribution < 1.29 is 0 Å². The van der Waals surface area contributed by atoms with Crippen molar-refractivity contribution in [1.29, 1.82) is 0 Å². The van der Waals surface area contributed by atoms with Gasteiger partial charge in [0.2, 0.25) is 0 Å². The Bertz CT molecular complexity index is 204. The Morgan fingerprint density at radius 3 is 1.14 bits per heavy atom. The van der Waals surface area contributed by atoms with E-state index < -0.39 is 13.3 Å². The van der Waals surface area contributed by atoms with Crippen molar-refractivity contribution in [3.05, 3.63) is 5.25 Å². The third-order valence-corrected chi connectivity index (χ3v) is 7.74. The second-order valence-corrected chi connectivity index (χ2v) is 19.1. The summed E-state index contributed by atoms with van der Waals surface area (Å²) >= 11 is -1.35. The van der Waals surface area contributed by atoms with E-state index in [1.165, 1.54) is 103 Å². The van der Waals surface area contributed by atoms with Gasteiger partial charge >= 0.3 is 106 Å². The van der Waals surface area contributed by atoms with Crippen LogP contribution in [0.3, 0.4) is 0 Å². The zero-order chi connectivity index (χ0) is 16.5. The van der Waals surface area contributed by atoms with Crippen LogP contribution in [-0.4, -0.2) is 13.3 Å². The topological polar surface area (TPSA) is 0 Å². The molecule has 0 atom stereocenters. The predicted molar refractivity (Wildman–Crippen MR) is 107 cm³/mol. The monoisotopic (exact) mass is 371 g/mol. The summed E-state index contributed by atoms with van der Waals surface area (Å²) in [6, 6.07) is 0. The molecule has 0 aliphatic carbocycles. The van der Waals surface area contributed by atoms with Crippen LogP contribution < -0.4 is 0 Å². The third-order valence-electron chi connectivity index (χ3n) is 4.56. The van der Waals surface area contributed by atoms with Crippen LogP contribution in [0.4, 0.5) is 0 Å². The molecule has 0 fully saturated rings. The molecule has 0 bridgehead atoms. The SMILES string of the molecule is CCCCCCCCCCCCCCCCC[CH][Ge]([CH3])([CH3])[CH3]. The van der Waals surface area contributed by atoms with E-state index in [1.807, 2.05) is 0 Å². The third kappa shape index (κ3) is 20.5. The summed E-state index contributed by atoms with van der Waals surface area (Å²) < 4.78 is 0. The van der Waals surface area contributed by atoms with Crippen molar-refractivity contribution in [2.75, 3.05) is 0 Å². The van der Waals surface area contributed by atoms with E-state index in [-0.39, 0.29) is 0 Å². The van der Waals surface area contributed by atoms with Crippen LogP contribution in [0.25, 0.3) is 0 Å². The molecule has 22 heavy (non-hydrogen) atoms. The van der Waals surface area contributed by atoms with Gasteiger partial charge in [0, 0.05) is 0 Å². The Hall–Kier alpha value is 0.543. The molecule has 0 aromatic carbocycles. The van der Waals surface area contributed by atoms with Gasteiger partial charge in [-0.3, -0.25) is 0 Å². The number of rotatable bonds is 17. The standard InChI is InChI=1S/C21H45Ge/c1-5-6-7-8-9-10-11-12-13-14-15-16-17-18-19-20-21-22(2,3)4/h21H,5-20H2,1-4H3. The summed E-state index contributed by atoms with van der Waals surface area (Å²) in [4.78, 5) is 0. The molecule has 0 saturated carbocycles. The van der Waals surface area contributed by atoms with Crippen molar-refractivity contribution in [1.82, 2.24) is 0 Å². The summed E-state index contributed by atoms with van der Waals surface area (Å²) in [5.74, 6) is 7.47. The van der Waals surface area contributed by atoms with E-state index in [9.17, 15) is 0 Å². The second kappa shape index (κ2) is 16.4. The summed E-state index contributed by atoms with van der Waals surface area (Å²) in [6.45, 7) is 2.30. The first-order valence-electron chi connectivity index (χ1n) is 10.4. The van der Waals surface area contributed by atoms with Crippen molar-refractivity contribution in [2.24, 2.45) is 0 Å². The molecule has 0 N–H and O–H groups in total. The van der Waals surface area contributed by atoms with E-state index >= 15 is 0 Å². The van der Waals surface area contributed by atoms with Gasteiger partial charge in [0.05, 0.1) is 0 Å². The molecule has 0 aromatic rings. The Morgan fingerprint density at radius 1 is 0.500 bits per heavy atom. The van der Waals surface area contributed by atoms with Gasteiger partial charge in [-0.05, 0) is 0 Å². The van der Waals surface area contributed by atoms with Crippen molar-refractivity contribution in [2.45, 2.75) is 127 Å². The van der Waals surface area contributed by atoms with Gasteiger partial charge in [0.1, 0.15) is 0 Å². The molecule has 0 unspecified atom stereocenters. The van der Waals surface area contributed by atoms with Crippen LogP contribution in [0, 0.1) is 5.25 Å². The fraction of sp³-hybridized carbons (Fsp3) is 0.952. The first-order valence-corrected chi connectivity index (χ1v) is 17.9. The van der Waals surface area contributed by atoms with E-state index in [4.69, 9.17) is 0 Å². The molecule has 0 saturated heterocycles. The van der Waals surface area contributed by atoms with Crippen LogP contribution in [0.1, 0.15) is 110 Å². The Balaban J connectivity index is 3.00. The molecular formula is C21H45Ge. The van der Waals surface area contributed by atoms with E-state index in [0.717, 1.165) is 0 Å². The first-order chi connectivity index (χ1) is 10.6. The molecule has 1 heteroatoms. The molecule has 0 rings (SSSR count). The number of unbranched alkanes of at least 4 members (excludes halogenated alkanes) is 15. The van der Waals surface area contributed by atoms with E-state index in [1.54, 1.807) is 0 Å². The van der Waals surface area contributed by atoms with Crippen LogP contribution in [0.5, 0.6) is 0 Å². The van der Waals surface area contributed by atoms with Crippen LogP contribution in [-0.2, 0) is 0 Å². The van der Waals surface area contributed by atoms with Crippen LogP contribution in [0.2, 0.25) is 17.3 Å². The van der Waals surface area contributed by atoms with Crippen molar-refractivity contribution in [3.63, 3.8) is 0 Å². The minimum absolute atomic E-state index is 1.35. The fourth-order valence-corrected chi connectivity index (χ4v) is 5.30. The molecule has 133 valence electrons. The molecule has 0 amide bonds. The summed E-state index contributed by atoms with van der Waals surface area (Å²) in [7, 11) is 0. The molecule has 0 aliphatic heterocycles. The predicted octanol–water partition coefficient (Wildman–Crippen LogP) is 8.33. The van der Waals surface area contributed by atoms with Gasteiger partial charge in [-0.15, -0.1) is 0 Å². The van der Waals surface area contributed by atoms with Gasteiger partial charge in [0.15, 0.2) is 0 Å². The van der Waals surface area contributed by atoms with Gasteiger partial charge in [-0.1, -0.05) is 39.0 Å². The van der Waals surface area contributed by atoms with E-state index in [0.29, 0.717) is 0 Å². The van der Waals surface area contributed by atoms with E-state index in [2.05, 4.69) is 29.4 Å². The van der Waals surface area contributed by atoms with Gasteiger partial charge in [0.25, 0.3) is 0 Å². The van der Waals surface area contributed by atoms with Crippen molar-refractivity contribution in [3.8, 4) is 0 Å². The second-order valence-electron chi connectivity index (χ2n) is 8.31. The molecule has 0 heterocycles. The zero-order valence-corrected chi connectivity index (χ0v) is 18.5. The molecule has 0 aliphatic rings. The minimum atomic E-state index is -1.35. The normalized spacial score (nSPS) is 12.0. The van der Waals surface area contributed by atoms with Gasteiger partial charge in [-0.2, -0.15) is 0 Å². The van der Waals surface area contributed by atoms with Crippen molar-refractivity contribution >= 4 is 13.3 Å². The maximum absolute atomic E-state index is 2.67. The van der Waals surface area contributed by atoms with Crippen LogP contribution in [0.15, 0.2) is 0 Å². The average Bonchev–Trinajstić information content (AvgIpc) is 2.45. The number of hydrogen-bond donors (Lipinski definition) is 0. The summed E-state index contributed by atoms with van der Waals surface area (Å²) in [5.41, 5.74) is 0. The van der Waals surface area contributed by atoms with Crippen LogP contribution >= 0.6 is 0 Å².